The predicted octanol–water partition coefficient (Wildman–Crippen LogP) is 3.10. The molecule has 1 N–H and O–H groups in total. The molecule has 2 atom stereocenters. The number of nitrogens with zero attached hydrogens (tertiary/aromatic N) is 1. The molecular weight excluding hydrogens is 227 g/mol. The van der Waals surface area contributed by atoms with Crippen LogP contribution in [-0.4, -0.2) is 25.2 Å². The number of hydrogen-bond donors (Lipinski definition) is 1. The fraction of sp³-hybridized carbons (Fsp3) is 0.600. The molecular formula is C15H23FN2. The third-order valence-corrected chi connectivity index (χ3v) is 3.76. The summed E-state index contributed by atoms with van der Waals surface area (Å²) in [6, 6.07) is 6.15. The van der Waals surface area contributed by atoms with E-state index in [0.717, 1.165) is 37.2 Å². The van der Waals surface area contributed by atoms with Crippen LogP contribution in [-0.2, 0) is 0 Å². The number of halogens is 1. The molecule has 1 aliphatic heterocycles. The Balaban J connectivity index is 2.24. The standard InChI is InChI=1S/C15H23FN2/c1-4-6-13-10-18(12(3)9-17-13)15-11(2)7-5-8-14(15)16/h5,7-8,12-13,17H,4,6,9-10H2,1-3H3. The molecule has 0 amide bonds. The van der Waals surface area contributed by atoms with Crippen LogP contribution in [0.4, 0.5) is 10.1 Å². The van der Waals surface area contributed by atoms with Crippen molar-refractivity contribution in [1.29, 1.82) is 0 Å². The van der Waals surface area contributed by atoms with Crippen LogP contribution in [0.25, 0.3) is 0 Å². The average Bonchev–Trinajstić information content (AvgIpc) is 2.33. The number of anilines is 1. The molecule has 0 aliphatic carbocycles. The zero-order valence-electron chi connectivity index (χ0n) is 11.5. The second-order valence-corrected chi connectivity index (χ2v) is 5.30. The van der Waals surface area contributed by atoms with Crippen LogP contribution in [0.15, 0.2) is 18.2 Å². The first kappa shape index (κ1) is 13.3. The Morgan fingerprint density at radius 2 is 2.22 bits per heavy atom. The smallest absolute Gasteiger partial charge is 0.146 e. The lowest BCUT2D eigenvalue weighted by Crippen LogP contribution is -2.56. The Morgan fingerprint density at radius 1 is 1.44 bits per heavy atom. The first-order valence-corrected chi connectivity index (χ1v) is 6.88. The number of rotatable bonds is 3. The monoisotopic (exact) mass is 250 g/mol. The van der Waals surface area contributed by atoms with Gasteiger partial charge in [0.05, 0.1) is 5.69 Å². The van der Waals surface area contributed by atoms with E-state index in [1.807, 2.05) is 13.0 Å². The van der Waals surface area contributed by atoms with Gasteiger partial charge in [-0.1, -0.05) is 25.5 Å². The van der Waals surface area contributed by atoms with Gasteiger partial charge in [0.1, 0.15) is 5.82 Å². The van der Waals surface area contributed by atoms with Crippen LogP contribution in [0, 0.1) is 12.7 Å². The Kier molecular flexibility index (Phi) is 4.23. The van der Waals surface area contributed by atoms with E-state index in [2.05, 4.69) is 24.1 Å². The van der Waals surface area contributed by atoms with Gasteiger partial charge in [-0.15, -0.1) is 0 Å². The molecule has 2 unspecified atom stereocenters. The lowest BCUT2D eigenvalue weighted by Gasteiger charge is -2.41. The Labute approximate surface area is 109 Å². The summed E-state index contributed by atoms with van der Waals surface area (Å²) in [7, 11) is 0. The number of piperazine rings is 1. The number of benzene rings is 1. The molecule has 0 bridgehead atoms. The molecule has 0 spiro atoms. The highest BCUT2D eigenvalue weighted by atomic mass is 19.1. The van der Waals surface area contributed by atoms with Gasteiger partial charge in [0, 0.05) is 25.2 Å². The predicted molar refractivity (Wildman–Crippen MR) is 74.6 cm³/mol. The van der Waals surface area contributed by atoms with Gasteiger partial charge in [-0.2, -0.15) is 0 Å². The summed E-state index contributed by atoms with van der Waals surface area (Å²) in [5.41, 5.74) is 1.81. The highest BCUT2D eigenvalue weighted by molar-refractivity contribution is 5.55. The van der Waals surface area contributed by atoms with Crippen molar-refractivity contribution >= 4 is 5.69 Å². The minimum atomic E-state index is -0.0981. The molecule has 2 rings (SSSR count). The van der Waals surface area contributed by atoms with Gasteiger partial charge in [-0.3, -0.25) is 0 Å². The zero-order valence-corrected chi connectivity index (χ0v) is 11.5. The van der Waals surface area contributed by atoms with E-state index in [1.54, 1.807) is 12.1 Å². The summed E-state index contributed by atoms with van der Waals surface area (Å²) >= 11 is 0. The van der Waals surface area contributed by atoms with E-state index in [1.165, 1.54) is 0 Å². The van der Waals surface area contributed by atoms with Crippen molar-refractivity contribution in [2.45, 2.75) is 45.7 Å². The normalized spacial score (nSPS) is 24.3. The minimum Gasteiger partial charge on any atom is -0.363 e. The van der Waals surface area contributed by atoms with Crippen molar-refractivity contribution in [2.75, 3.05) is 18.0 Å². The highest BCUT2D eigenvalue weighted by Crippen LogP contribution is 2.27. The van der Waals surface area contributed by atoms with Crippen LogP contribution >= 0.6 is 0 Å². The average molecular weight is 250 g/mol. The van der Waals surface area contributed by atoms with Crippen molar-refractivity contribution in [3.63, 3.8) is 0 Å². The van der Waals surface area contributed by atoms with E-state index >= 15 is 0 Å². The lowest BCUT2D eigenvalue weighted by atomic mass is 10.0. The van der Waals surface area contributed by atoms with Crippen molar-refractivity contribution in [3.05, 3.63) is 29.6 Å². The third kappa shape index (κ3) is 2.66. The van der Waals surface area contributed by atoms with Crippen LogP contribution in [0.2, 0.25) is 0 Å². The first-order chi connectivity index (χ1) is 8.63. The third-order valence-electron chi connectivity index (χ3n) is 3.76. The molecule has 1 aliphatic rings. The van der Waals surface area contributed by atoms with E-state index in [9.17, 15) is 4.39 Å². The molecule has 3 heteroatoms. The molecule has 1 saturated heterocycles. The SMILES string of the molecule is CCCC1CN(c2c(C)cccc2F)C(C)CN1. The lowest BCUT2D eigenvalue weighted by molar-refractivity contribution is 0.382. The van der Waals surface area contributed by atoms with E-state index in [-0.39, 0.29) is 5.82 Å². The van der Waals surface area contributed by atoms with E-state index in [0.29, 0.717) is 12.1 Å². The van der Waals surface area contributed by atoms with Crippen molar-refractivity contribution < 1.29 is 4.39 Å². The fourth-order valence-corrected chi connectivity index (χ4v) is 2.77. The van der Waals surface area contributed by atoms with E-state index in [4.69, 9.17) is 0 Å². The second kappa shape index (κ2) is 5.70. The highest BCUT2D eigenvalue weighted by Gasteiger charge is 2.27. The van der Waals surface area contributed by atoms with Crippen LogP contribution in [0.5, 0.6) is 0 Å². The first-order valence-electron chi connectivity index (χ1n) is 6.88. The molecule has 1 aromatic rings. The number of hydrogen-bond acceptors (Lipinski definition) is 2. The number of para-hydroxylation sites is 1. The fourth-order valence-electron chi connectivity index (χ4n) is 2.77. The van der Waals surface area contributed by atoms with Gasteiger partial charge in [0.25, 0.3) is 0 Å². The molecule has 0 aromatic heterocycles. The summed E-state index contributed by atoms with van der Waals surface area (Å²) in [6.45, 7) is 8.16. The minimum absolute atomic E-state index is 0.0981. The Morgan fingerprint density at radius 3 is 2.89 bits per heavy atom. The largest absolute Gasteiger partial charge is 0.363 e. The summed E-state index contributed by atoms with van der Waals surface area (Å²) < 4.78 is 14.1. The van der Waals surface area contributed by atoms with Gasteiger partial charge < -0.3 is 10.2 Å². The molecule has 0 saturated carbocycles. The molecule has 1 heterocycles. The van der Waals surface area contributed by atoms with Crippen molar-refractivity contribution in [1.82, 2.24) is 5.32 Å². The van der Waals surface area contributed by atoms with Gasteiger partial charge in [0.2, 0.25) is 0 Å². The Hall–Kier alpha value is -1.09. The molecule has 18 heavy (non-hydrogen) atoms. The van der Waals surface area contributed by atoms with Gasteiger partial charge >= 0.3 is 0 Å². The van der Waals surface area contributed by atoms with Crippen LogP contribution in [0.1, 0.15) is 32.3 Å². The maximum absolute atomic E-state index is 14.1. The molecule has 0 radical (unpaired) electrons. The maximum Gasteiger partial charge on any atom is 0.146 e. The summed E-state index contributed by atoms with van der Waals surface area (Å²) in [4.78, 5) is 2.22. The van der Waals surface area contributed by atoms with Gasteiger partial charge in [0.15, 0.2) is 0 Å². The van der Waals surface area contributed by atoms with Gasteiger partial charge in [-0.05, 0) is 31.9 Å². The summed E-state index contributed by atoms with van der Waals surface area (Å²) in [5, 5.41) is 3.54. The quantitative estimate of drug-likeness (QED) is 0.886. The van der Waals surface area contributed by atoms with Crippen molar-refractivity contribution in [3.8, 4) is 0 Å². The van der Waals surface area contributed by atoms with Gasteiger partial charge in [-0.25, -0.2) is 4.39 Å². The molecule has 1 fully saturated rings. The van der Waals surface area contributed by atoms with E-state index < -0.39 is 0 Å². The summed E-state index contributed by atoms with van der Waals surface area (Å²) in [5.74, 6) is -0.0981. The maximum atomic E-state index is 14.1. The topological polar surface area (TPSA) is 15.3 Å². The number of nitrogens with one attached hydrogen (secondary N) is 1. The second-order valence-electron chi connectivity index (χ2n) is 5.30. The zero-order chi connectivity index (χ0) is 13.1. The molecule has 100 valence electrons. The van der Waals surface area contributed by atoms with Crippen LogP contribution in [0.3, 0.4) is 0 Å². The van der Waals surface area contributed by atoms with Crippen LogP contribution < -0.4 is 10.2 Å². The number of aryl methyl sites for hydroxylation is 1. The molecule has 1 aromatic carbocycles. The Bertz CT molecular complexity index is 385. The summed E-state index contributed by atoms with van der Waals surface area (Å²) in [6.07, 6.45) is 2.31. The molecule has 2 nitrogen and oxygen atoms in total. The van der Waals surface area contributed by atoms with Crippen molar-refractivity contribution in [2.24, 2.45) is 0 Å².